The molecular formula is C77H153N15O3. The van der Waals surface area contributed by atoms with Gasteiger partial charge < -0.3 is 24.3 Å². The van der Waals surface area contributed by atoms with E-state index in [2.05, 4.69) is 195 Å². The predicted molar refractivity (Wildman–Crippen MR) is 399 cm³/mol. The Hall–Kier alpha value is -1.78. The fraction of sp³-hybridized carbons (Fsp3) is 0.974. The van der Waals surface area contributed by atoms with Crippen LogP contribution in [0, 0.1) is 0 Å². The molecule has 0 bridgehead atoms. The Labute approximate surface area is 585 Å². The van der Waals surface area contributed by atoms with Gasteiger partial charge in [-0.05, 0) is 222 Å². The first-order valence-electron chi connectivity index (χ1n) is 39.4. The van der Waals surface area contributed by atoms with Gasteiger partial charge in [-0.3, -0.25) is 58.7 Å². The minimum atomic E-state index is -0.112. The maximum absolute atomic E-state index is 12.3. The van der Waals surface area contributed by atoms with Gasteiger partial charge in [0.2, 0.25) is 5.91 Å². The Balaban J connectivity index is 0.000000168. The van der Waals surface area contributed by atoms with Crippen LogP contribution in [-0.2, 0) is 9.53 Å². The summed E-state index contributed by atoms with van der Waals surface area (Å²) in [6.45, 7) is 76.1. The number of nitrogens with zero attached hydrogens (tertiary/aromatic N) is 15. The number of amides is 2. The van der Waals surface area contributed by atoms with Crippen LogP contribution in [0.15, 0.2) is 0 Å². The summed E-state index contributed by atoms with van der Waals surface area (Å²) in [6.07, 6.45) is 16.6. The second-order valence-electron chi connectivity index (χ2n) is 36.3. The van der Waals surface area contributed by atoms with Gasteiger partial charge in [-0.15, -0.1) is 0 Å². The zero-order valence-corrected chi connectivity index (χ0v) is 65.9. The molecule has 0 aromatic carbocycles. The molecule has 10 aliphatic heterocycles. The molecule has 0 radical (unpaired) electrons. The van der Waals surface area contributed by atoms with Gasteiger partial charge in [0.05, 0.1) is 0 Å². The van der Waals surface area contributed by atoms with Crippen molar-refractivity contribution < 1.29 is 14.3 Å². The van der Waals surface area contributed by atoms with Crippen molar-refractivity contribution >= 4 is 12.0 Å². The first kappa shape index (κ1) is 80.5. The van der Waals surface area contributed by atoms with E-state index >= 15 is 0 Å². The molecule has 0 aromatic rings. The van der Waals surface area contributed by atoms with Gasteiger partial charge in [0, 0.05) is 261 Å². The monoisotopic (exact) mass is 1340 g/mol. The first-order valence-corrected chi connectivity index (χ1v) is 39.4. The summed E-state index contributed by atoms with van der Waals surface area (Å²) in [7, 11) is 4.34. The summed E-state index contributed by atoms with van der Waals surface area (Å²) in [5.74, 6) is 0.224. The molecule has 11 rings (SSSR count). The van der Waals surface area contributed by atoms with Crippen LogP contribution in [-0.4, -0.2) is 366 Å². The number of piperidine rings is 5. The van der Waals surface area contributed by atoms with Gasteiger partial charge >= 0.3 is 6.09 Å². The van der Waals surface area contributed by atoms with Crippen molar-refractivity contribution in [2.24, 2.45) is 0 Å². The van der Waals surface area contributed by atoms with E-state index in [0.717, 1.165) is 115 Å². The molecular weight excluding hydrogens is 1180 g/mol. The van der Waals surface area contributed by atoms with E-state index in [9.17, 15) is 9.59 Å². The largest absolute Gasteiger partial charge is 0.446 e. The standard InChI is InChI=1S/C16H31N3O2.C16H31N3.C16H33N3.C15H29N3O.C14H29N3/c1-16(2,3)19-10-6-14(7-11-19)21-15(20)18-9-5-8-17(4)12-13-18;1-16(2,3)19-8-6-15(7-9-19)18-12-10-17(11-13-18)14-4-5-14;1-14(2)17-10-12-18(13-11-17)15-6-8-19(9-7-15)16(3,4)5;1-13(19)16-9-11-17(12-10-16)14-5-7-18(8-6-14)15(2,3)4;1-14(2,3)17-7-5-13(6-8-17)16-11-9-15(4)10-12-16/h14H,5-13H2,1-4H3;14-15H,4-13H2,1-3H3;14-15H,6-13H2,1-5H3;14H,5-12H2,1-4H3;13H,5-12H2,1-4H3. The van der Waals surface area contributed by atoms with Crippen LogP contribution in [0.3, 0.4) is 0 Å². The molecule has 1 saturated carbocycles. The van der Waals surface area contributed by atoms with Crippen LogP contribution < -0.4 is 0 Å². The van der Waals surface area contributed by atoms with E-state index in [4.69, 9.17) is 4.74 Å². The summed E-state index contributed by atoms with van der Waals surface area (Å²) < 4.78 is 5.72. The number of hydrogen-bond donors (Lipinski definition) is 0. The topological polar surface area (TPSA) is 92.0 Å². The maximum atomic E-state index is 12.3. The first-order chi connectivity index (χ1) is 44.6. The molecule has 11 fully saturated rings. The summed E-state index contributed by atoms with van der Waals surface area (Å²) in [5, 5.41) is 0. The average Bonchev–Trinajstić information content (AvgIpc) is 1.85. The molecule has 10 heterocycles. The van der Waals surface area contributed by atoms with E-state index in [-0.39, 0.29) is 23.6 Å². The highest BCUT2D eigenvalue weighted by atomic mass is 16.6. The van der Waals surface area contributed by atoms with E-state index in [1.54, 1.807) is 6.92 Å². The number of likely N-dealkylation sites (N-methyl/N-ethyl adjacent to an activating group) is 2. The Morgan fingerprint density at radius 1 is 0.305 bits per heavy atom. The number of ether oxygens (including phenoxy) is 1. The van der Waals surface area contributed by atoms with Gasteiger partial charge in [0.1, 0.15) is 6.10 Å². The highest BCUT2D eigenvalue weighted by molar-refractivity contribution is 5.73. The quantitative estimate of drug-likeness (QED) is 0.243. The normalized spacial score (nSPS) is 26.4. The molecule has 0 unspecified atom stereocenters. The number of piperazine rings is 4. The minimum absolute atomic E-state index is 0.0945. The molecule has 0 spiro atoms. The Morgan fingerprint density at radius 3 is 0.853 bits per heavy atom. The van der Waals surface area contributed by atoms with E-state index in [0.29, 0.717) is 28.2 Å². The van der Waals surface area contributed by atoms with Crippen molar-refractivity contribution in [3.05, 3.63) is 0 Å². The van der Waals surface area contributed by atoms with Gasteiger partial charge in [0.15, 0.2) is 0 Å². The second-order valence-corrected chi connectivity index (χ2v) is 36.3. The molecule has 11 aliphatic rings. The van der Waals surface area contributed by atoms with Crippen molar-refractivity contribution in [2.45, 2.75) is 278 Å². The fourth-order valence-electron chi connectivity index (χ4n) is 16.8. The summed E-state index contributed by atoms with van der Waals surface area (Å²) in [6, 6.07) is 4.96. The van der Waals surface area contributed by atoms with Crippen LogP contribution in [0.4, 0.5) is 4.79 Å². The summed E-state index contributed by atoms with van der Waals surface area (Å²) in [5.41, 5.74) is 1.58. The number of carbonyl (C=O) groups excluding carboxylic acids is 2. The highest BCUT2D eigenvalue weighted by Gasteiger charge is 2.38. The molecule has 0 atom stereocenters. The lowest BCUT2D eigenvalue weighted by molar-refractivity contribution is -0.131. The van der Waals surface area contributed by atoms with E-state index in [1.807, 2.05) is 9.80 Å². The summed E-state index contributed by atoms with van der Waals surface area (Å²) in [4.78, 5) is 61.4. The SMILES string of the molecule is CC(=O)N1CCN(C2CCN(C(C)(C)C)CC2)CC1.CC(C)(C)N1CCC(N2CCN(C3CC3)CC2)CC1.CC(C)N1CCN(C2CCN(C(C)(C)C)CC2)CC1.CN1CCCN(C(=O)OC2CCN(C(C)(C)C)CC2)CC1.CN1CCN(C2CCN(C(C)(C)C)CC2)CC1. The fourth-order valence-corrected chi connectivity index (χ4v) is 16.8. The smallest absolute Gasteiger partial charge is 0.410 e. The Bertz CT molecular complexity index is 2100. The molecule has 10 saturated heterocycles. The van der Waals surface area contributed by atoms with Gasteiger partial charge in [-0.25, -0.2) is 4.79 Å². The molecule has 554 valence electrons. The van der Waals surface area contributed by atoms with Crippen LogP contribution in [0.25, 0.3) is 0 Å². The zero-order valence-electron chi connectivity index (χ0n) is 65.9. The molecule has 1 aliphatic carbocycles. The Kier molecular flexibility index (Phi) is 31.3. The van der Waals surface area contributed by atoms with E-state index in [1.165, 1.54) is 195 Å². The van der Waals surface area contributed by atoms with Crippen LogP contribution in [0.5, 0.6) is 0 Å². The second kappa shape index (κ2) is 36.9. The number of carbonyl (C=O) groups is 2. The third-order valence-corrected chi connectivity index (χ3v) is 24.1. The van der Waals surface area contributed by atoms with Crippen LogP contribution in [0.1, 0.15) is 208 Å². The average molecular weight is 1340 g/mol. The number of hydrogen-bond acceptors (Lipinski definition) is 16. The van der Waals surface area contributed by atoms with Gasteiger partial charge in [0.25, 0.3) is 0 Å². The molecule has 0 aromatic heterocycles. The lowest BCUT2D eigenvalue weighted by Crippen LogP contribution is -2.56. The van der Waals surface area contributed by atoms with Crippen LogP contribution in [0.2, 0.25) is 0 Å². The van der Waals surface area contributed by atoms with Crippen molar-refractivity contribution in [1.82, 2.24) is 73.5 Å². The maximum Gasteiger partial charge on any atom is 0.410 e. The lowest BCUT2D eigenvalue weighted by Gasteiger charge is -2.46. The number of rotatable bonds is 7. The van der Waals surface area contributed by atoms with Crippen LogP contribution >= 0.6 is 0 Å². The predicted octanol–water partition coefficient (Wildman–Crippen LogP) is 9.24. The molecule has 0 N–H and O–H groups in total. The zero-order chi connectivity index (χ0) is 69.5. The molecule has 18 heteroatoms. The summed E-state index contributed by atoms with van der Waals surface area (Å²) >= 11 is 0. The van der Waals surface area contributed by atoms with Gasteiger partial charge in [-0.1, -0.05) is 0 Å². The molecule has 2 amide bonds. The third-order valence-electron chi connectivity index (χ3n) is 24.1. The van der Waals surface area contributed by atoms with Crippen molar-refractivity contribution in [3.8, 4) is 0 Å². The molecule has 18 nitrogen and oxygen atoms in total. The van der Waals surface area contributed by atoms with Crippen molar-refractivity contribution in [1.29, 1.82) is 0 Å². The third kappa shape index (κ3) is 26.5. The highest BCUT2D eigenvalue weighted by Crippen LogP contribution is 2.31. The van der Waals surface area contributed by atoms with Crippen molar-refractivity contribution in [2.75, 3.05) is 210 Å². The number of likely N-dealkylation sites (tertiary alicyclic amines) is 5. The van der Waals surface area contributed by atoms with Crippen molar-refractivity contribution in [3.63, 3.8) is 0 Å². The molecule has 95 heavy (non-hydrogen) atoms. The lowest BCUT2D eigenvalue weighted by atomic mass is 9.96. The van der Waals surface area contributed by atoms with E-state index < -0.39 is 0 Å². The minimum Gasteiger partial charge on any atom is -0.446 e. The van der Waals surface area contributed by atoms with Gasteiger partial charge in [-0.2, -0.15) is 0 Å². The Morgan fingerprint density at radius 2 is 0.558 bits per heavy atom.